The number of aliphatic hydroxyl groups excluding tert-OH is 1. The maximum Gasteiger partial charge on any atom is 0.426 e. The van der Waals surface area contributed by atoms with Crippen molar-refractivity contribution in [1.29, 1.82) is 0 Å². The van der Waals surface area contributed by atoms with Crippen molar-refractivity contribution in [3.05, 3.63) is 0 Å². The topological polar surface area (TPSA) is 66.8 Å². The van der Waals surface area contributed by atoms with Crippen molar-refractivity contribution in [3.63, 3.8) is 0 Å². The van der Waals surface area contributed by atoms with E-state index in [2.05, 4.69) is 0 Å². The minimum Gasteiger partial charge on any atom is -0.462 e. The van der Waals surface area contributed by atoms with Crippen LogP contribution in [0.5, 0.6) is 0 Å². The zero-order chi connectivity index (χ0) is 20.8. The Morgan fingerprint density at radius 1 is 1.07 bits per heavy atom. The van der Waals surface area contributed by atoms with E-state index in [1.807, 2.05) is 0 Å². The SMILES string of the molecule is CCC(C)(CO)C(=O)OC1CC2CC(CC(O)(C(F)(F)F)C(F)(F)F)C1C2. The van der Waals surface area contributed by atoms with Crippen molar-refractivity contribution >= 4 is 5.97 Å². The fourth-order valence-electron chi connectivity index (χ4n) is 4.17. The first-order valence-electron chi connectivity index (χ1n) is 8.86. The Bertz CT molecular complexity index is 541. The van der Waals surface area contributed by atoms with Gasteiger partial charge in [-0.2, -0.15) is 26.3 Å². The summed E-state index contributed by atoms with van der Waals surface area (Å²) in [6, 6.07) is 0. The number of aliphatic hydroxyl groups is 2. The van der Waals surface area contributed by atoms with Crippen molar-refractivity contribution in [2.75, 3.05) is 6.61 Å². The van der Waals surface area contributed by atoms with Gasteiger partial charge in [-0.25, -0.2) is 0 Å². The van der Waals surface area contributed by atoms with Crippen LogP contribution >= 0.6 is 0 Å². The van der Waals surface area contributed by atoms with Gasteiger partial charge in [-0.05, 0) is 56.8 Å². The molecular formula is C17H24F6O4. The number of halogens is 6. The van der Waals surface area contributed by atoms with Gasteiger partial charge in [0.15, 0.2) is 0 Å². The van der Waals surface area contributed by atoms with Gasteiger partial charge in [0.1, 0.15) is 6.10 Å². The first-order valence-corrected chi connectivity index (χ1v) is 8.86. The van der Waals surface area contributed by atoms with Crippen LogP contribution in [0.2, 0.25) is 0 Å². The third-order valence-corrected chi connectivity index (χ3v) is 6.27. The summed E-state index contributed by atoms with van der Waals surface area (Å²) in [5.41, 5.74) is -5.96. The monoisotopic (exact) mass is 406 g/mol. The van der Waals surface area contributed by atoms with Crippen LogP contribution in [0.15, 0.2) is 0 Å². The van der Waals surface area contributed by atoms with Crippen LogP contribution in [0.4, 0.5) is 26.3 Å². The summed E-state index contributed by atoms with van der Waals surface area (Å²) >= 11 is 0. The van der Waals surface area contributed by atoms with Crippen LogP contribution in [-0.4, -0.2) is 46.8 Å². The second kappa shape index (κ2) is 7.09. The summed E-state index contributed by atoms with van der Waals surface area (Å²) in [6.07, 6.45) is -12.9. The largest absolute Gasteiger partial charge is 0.462 e. The molecule has 2 rings (SSSR count). The predicted octanol–water partition coefficient (Wildman–Crippen LogP) is 3.60. The van der Waals surface area contributed by atoms with E-state index < -0.39 is 60.3 Å². The lowest BCUT2D eigenvalue weighted by Crippen LogP contribution is -2.58. The van der Waals surface area contributed by atoms with E-state index in [4.69, 9.17) is 4.74 Å². The van der Waals surface area contributed by atoms with Gasteiger partial charge in [-0.1, -0.05) is 6.92 Å². The smallest absolute Gasteiger partial charge is 0.426 e. The van der Waals surface area contributed by atoms with Crippen molar-refractivity contribution in [2.45, 2.75) is 70.0 Å². The molecule has 27 heavy (non-hydrogen) atoms. The molecular weight excluding hydrogens is 382 g/mol. The molecule has 158 valence electrons. The molecule has 0 aromatic heterocycles. The normalized spacial score (nSPS) is 31.0. The number of alkyl halides is 6. The van der Waals surface area contributed by atoms with E-state index in [1.165, 1.54) is 6.92 Å². The van der Waals surface area contributed by atoms with Gasteiger partial charge in [-0.3, -0.25) is 4.79 Å². The molecule has 2 saturated carbocycles. The molecule has 2 fully saturated rings. The van der Waals surface area contributed by atoms with Crippen molar-refractivity contribution in [2.24, 2.45) is 23.2 Å². The lowest BCUT2D eigenvalue weighted by molar-refractivity contribution is -0.373. The summed E-state index contributed by atoms with van der Waals surface area (Å²) in [6.45, 7) is 2.66. The van der Waals surface area contributed by atoms with Crippen LogP contribution in [0, 0.1) is 23.2 Å². The Balaban J connectivity index is 2.15. The van der Waals surface area contributed by atoms with E-state index in [0.717, 1.165) is 0 Å². The average molecular weight is 406 g/mol. The highest BCUT2D eigenvalue weighted by Crippen LogP contribution is 2.56. The highest BCUT2D eigenvalue weighted by molar-refractivity contribution is 5.76. The Hall–Kier alpha value is -1.03. The van der Waals surface area contributed by atoms with E-state index >= 15 is 0 Å². The van der Waals surface area contributed by atoms with E-state index in [1.54, 1.807) is 6.92 Å². The van der Waals surface area contributed by atoms with Gasteiger partial charge in [0, 0.05) is 0 Å². The molecule has 2 aliphatic carbocycles. The fraction of sp³-hybridized carbons (Fsp3) is 0.941. The number of ether oxygens (including phenoxy) is 1. The second-order valence-electron chi connectivity index (χ2n) is 8.07. The molecule has 2 aliphatic rings. The van der Waals surface area contributed by atoms with Crippen molar-refractivity contribution < 1.29 is 46.1 Å². The van der Waals surface area contributed by atoms with Crippen LogP contribution in [0.25, 0.3) is 0 Å². The van der Waals surface area contributed by atoms with Crippen LogP contribution in [-0.2, 0) is 9.53 Å². The molecule has 0 saturated heterocycles. The zero-order valence-corrected chi connectivity index (χ0v) is 15.0. The maximum atomic E-state index is 13.0. The molecule has 0 aromatic carbocycles. The molecule has 0 radical (unpaired) electrons. The quantitative estimate of drug-likeness (QED) is 0.523. The molecule has 4 nitrogen and oxygen atoms in total. The summed E-state index contributed by atoms with van der Waals surface area (Å²) in [4.78, 5) is 12.3. The second-order valence-corrected chi connectivity index (χ2v) is 8.07. The van der Waals surface area contributed by atoms with Crippen LogP contribution in [0.1, 0.15) is 46.0 Å². The van der Waals surface area contributed by atoms with E-state index in [0.29, 0.717) is 12.8 Å². The maximum absolute atomic E-state index is 13.0. The predicted molar refractivity (Wildman–Crippen MR) is 81.4 cm³/mol. The number of carbonyl (C=O) groups is 1. The molecule has 0 amide bonds. The molecule has 0 heterocycles. The number of fused-ring (bicyclic) bond motifs is 2. The van der Waals surface area contributed by atoms with Gasteiger partial charge in [0.25, 0.3) is 5.60 Å². The Labute approximate surface area is 152 Å². The van der Waals surface area contributed by atoms with E-state index in [9.17, 15) is 41.4 Å². The van der Waals surface area contributed by atoms with Gasteiger partial charge in [-0.15, -0.1) is 0 Å². The Morgan fingerprint density at radius 2 is 1.63 bits per heavy atom. The molecule has 5 unspecified atom stereocenters. The Morgan fingerprint density at radius 3 is 2.04 bits per heavy atom. The lowest BCUT2D eigenvalue weighted by atomic mass is 9.78. The fourth-order valence-corrected chi connectivity index (χ4v) is 4.17. The van der Waals surface area contributed by atoms with Crippen molar-refractivity contribution in [3.8, 4) is 0 Å². The summed E-state index contributed by atoms with van der Waals surface area (Å²) in [7, 11) is 0. The minimum absolute atomic E-state index is 0.123. The molecule has 2 bridgehead atoms. The van der Waals surface area contributed by atoms with Crippen LogP contribution in [0.3, 0.4) is 0 Å². The molecule has 10 heteroatoms. The number of hydrogen-bond acceptors (Lipinski definition) is 4. The first kappa shape index (κ1) is 22.3. The standard InChI is InChI=1S/C17H24F6O4/c1-3-14(2,8-24)13(25)27-12-6-9-4-10(11(12)5-9)7-15(26,16(18,19)20)17(21,22)23/h9-12,24,26H,3-8H2,1-2H3. The summed E-state index contributed by atoms with van der Waals surface area (Å²) in [5.74, 6) is -2.59. The van der Waals surface area contributed by atoms with Gasteiger partial charge < -0.3 is 14.9 Å². The Kier molecular flexibility index (Phi) is 5.85. The summed E-state index contributed by atoms with van der Waals surface area (Å²) in [5, 5.41) is 18.8. The molecule has 0 aliphatic heterocycles. The van der Waals surface area contributed by atoms with Gasteiger partial charge in [0.05, 0.1) is 12.0 Å². The van der Waals surface area contributed by atoms with Crippen molar-refractivity contribution in [1.82, 2.24) is 0 Å². The zero-order valence-electron chi connectivity index (χ0n) is 15.0. The van der Waals surface area contributed by atoms with E-state index in [-0.39, 0.29) is 18.8 Å². The molecule has 2 N–H and O–H groups in total. The minimum atomic E-state index is -5.85. The molecule has 0 spiro atoms. The number of hydrogen-bond donors (Lipinski definition) is 2. The molecule has 0 aromatic rings. The highest BCUT2D eigenvalue weighted by atomic mass is 19.4. The third kappa shape index (κ3) is 3.92. The highest BCUT2D eigenvalue weighted by Gasteiger charge is 2.71. The lowest BCUT2D eigenvalue weighted by Gasteiger charge is -2.38. The molecule has 5 atom stereocenters. The average Bonchev–Trinajstić information content (AvgIpc) is 3.11. The summed E-state index contributed by atoms with van der Waals surface area (Å²) < 4.78 is 83.2. The number of rotatable bonds is 6. The number of carbonyl (C=O) groups excluding carboxylic acids is 1. The third-order valence-electron chi connectivity index (χ3n) is 6.27. The van der Waals surface area contributed by atoms with Gasteiger partial charge >= 0.3 is 18.3 Å². The first-order chi connectivity index (χ1) is 12.2. The number of esters is 1. The van der Waals surface area contributed by atoms with Crippen LogP contribution < -0.4 is 0 Å². The van der Waals surface area contributed by atoms with Gasteiger partial charge in [0.2, 0.25) is 0 Å².